The van der Waals surface area contributed by atoms with Crippen molar-refractivity contribution in [2.75, 3.05) is 6.54 Å². The number of aryl methyl sites for hydroxylation is 2. The number of ether oxygens (including phenoxy) is 1. The number of nitrogens with two attached hydrogens (primary N) is 2. The molecule has 304 valence electrons. The highest BCUT2D eigenvalue weighted by molar-refractivity contribution is 14.1. The van der Waals surface area contributed by atoms with Crippen LogP contribution in [0.1, 0.15) is 50.2 Å². The second-order valence-corrected chi connectivity index (χ2v) is 15.5. The summed E-state index contributed by atoms with van der Waals surface area (Å²) in [6.07, 6.45) is -3.97. The van der Waals surface area contributed by atoms with E-state index in [9.17, 15) is 27.5 Å². The number of aliphatic imine (C=N–C) groups is 2. The first-order chi connectivity index (χ1) is 26.5. The van der Waals surface area contributed by atoms with E-state index in [-0.39, 0.29) is 33.9 Å². The summed E-state index contributed by atoms with van der Waals surface area (Å²) in [6, 6.07) is 6.00. The Morgan fingerprint density at radius 2 is 1.84 bits per heavy atom. The normalized spacial score (nSPS) is 18.1. The third-order valence-corrected chi connectivity index (χ3v) is 10.5. The van der Waals surface area contributed by atoms with Crippen molar-refractivity contribution in [2.45, 2.75) is 64.5 Å². The summed E-state index contributed by atoms with van der Waals surface area (Å²) in [4.78, 5) is 26.4. The van der Waals surface area contributed by atoms with E-state index in [0.29, 0.717) is 32.0 Å². The summed E-state index contributed by atoms with van der Waals surface area (Å²) in [5.41, 5.74) is 9.15. The number of rotatable bonds is 10. The number of aliphatic hydroxyl groups is 1. The number of hydrogen-bond donors (Lipinski definition) is 5. The minimum atomic E-state index is -3.66. The van der Waals surface area contributed by atoms with Gasteiger partial charge < -0.3 is 26.6 Å². The van der Waals surface area contributed by atoms with Crippen LogP contribution in [0, 0.1) is 33.5 Å². The van der Waals surface area contributed by atoms with Crippen molar-refractivity contribution in [1.82, 2.24) is 20.1 Å². The number of alkyl halides is 4. The number of allylic oxidation sites excluding steroid dienone is 2. The Morgan fingerprint density at radius 1 is 1.19 bits per heavy atom. The molecule has 2 aromatic heterocycles. The average Bonchev–Trinajstić information content (AvgIpc) is 3.54. The van der Waals surface area contributed by atoms with Gasteiger partial charge in [0.05, 0.1) is 39.1 Å². The topological polar surface area (TPSA) is 190 Å². The summed E-state index contributed by atoms with van der Waals surface area (Å²) >= 11 is 8.73. The zero-order chi connectivity index (χ0) is 42.3. The lowest BCUT2D eigenvalue weighted by Crippen LogP contribution is -2.36. The third-order valence-electron chi connectivity index (χ3n) is 9.09. The number of fused-ring (bicyclic) bond motifs is 1. The van der Waals surface area contributed by atoms with Gasteiger partial charge in [0, 0.05) is 39.3 Å². The molecule has 57 heavy (non-hydrogen) atoms. The molecule has 4 aromatic rings. The first kappa shape index (κ1) is 43.4. The molecule has 0 unspecified atom stereocenters. The van der Waals surface area contributed by atoms with Crippen LogP contribution < -0.4 is 16.8 Å². The quantitative estimate of drug-likeness (QED) is 0.0482. The van der Waals surface area contributed by atoms with Gasteiger partial charge in [-0.15, -0.1) is 0 Å². The molecule has 2 atom stereocenters. The van der Waals surface area contributed by atoms with Crippen molar-refractivity contribution in [3.63, 3.8) is 0 Å². The van der Waals surface area contributed by atoms with Crippen LogP contribution in [-0.4, -0.2) is 67.9 Å². The Labute approximate surface area is 341 Å². The van der Waals surface area contributed by atoms with E-state index in [0.717, 1.165) is 19.1 Å². The number of carbonyl (C=O) groups is 1. The lowest BCUT2D eigenvalue weighted by molar-refractivity contribution is -0.120. The molecular weight excluding hydrogens is 895 g/mol. The lowest BCUT2D eigenvalue weighted by atomic mass is 9.93. The first-order valence-corrected chi connectivity index (χ1v) is 18.5. The highest BCUT2D eigenvalue weighted by Crippen LogP contribution is 2.43. The zero-order valence-electron chi connectivity index (χ0n) is 31.0. The number of amides is 1. The number of pyridine rings is 1. The SMILES string of the molecule is Cc1nc([C@H](Cc2cc(F)cc(F)c2)NC(=O)CN=C2C(=C(N)C(F)F)C[C@@H](C)C2(F)F)c(-c2ccc(Cl)c3c(N=C(N)OC(=N)C(C)(C)O)nn(C)c23)cc1I. The molecule has 2 heterocycles. The summed E-state index contributed by atoms with van der Waals surface area (Å²) in [6.45, 7) is 4.54. The number of halogens is 8. The van der Waals surface area contributed by atoms with E-state index in [4.69, 9.17) is 38.2 Å². The summed E-state index contributed by atoms with van der Waals surface area (Å²) in [5.74, 6) is -8.41. The van der Waals surface area contributed by atoms with E-state index in [1.54, 1.807) is 26.1 Å². The van der Waals surface area contributed by atoms with Crippen LogP contribution in [-0.2, 0) is 23.0 Å². The van der Waals surface area contributed by atoms with E-state index in [1.807, 2.05) is 0 Å². The molecule has 0 radical (unpaired) electrons. The maximum absolute atomic E-state index is 15.2. The molecule has 1 saturated carbocycles. The fourth-order valence-electron chi connectivity index (χ4n) is 6.21. The van der Waals surface area contributed by atoms with Gasteiger partial charge in [0.1, 0.15) is 29.5 Å². The molecule has 0 saturated heterocycles. The van der Waals surface area contributed by atoms with E-state index in [1.165, 1.54) is 24.6 Å². The van der Waals surface area contributed by atoms with Gasteiger partial charge in [0.2, 0.25) is 11.8 Å². The van der Waals surface area contributed by atoms with Crippen molar-refractivity contribution in [2.24, 2.45) is 34.4 Å². The highest BCUT2D eigenvalue weighted by atomic mass is 127. The first-order valence-electron chi connectivity index (χ1n) is 17.1. The third kappa shape index (κ3) is 9.35. The molecule has 5 rings (SSSR count). The van der Waals surface area contributed by atoms with Crippen LogP contribution in [0.3, 0.4) is 0 Å². The van der Waals surface area contributed by atoms with Gasteiger partial charge in [-0.25, -0.2) is 17.6 Å². The molecule has 7 N–H and O–H groups in total. The summed E-state index contributed by atoms with van der Waals surface area (Å²) in [7, 11) is 1.58. The van der Waals surface area contributed by atoms with Crippen LogP contribution in [0.4, 0.5) is 32.2 Å². The predicted molar refractivity (Wildman–Crippen MR) is 212 cm³/mol. The average molecular weight is 932 g/mol. The van der Waals surface area contributed by atoms with Crippen molar-refractivity contribution in [3.8, 4) is 11.1 Å². The molecule has 20 heteroatoms. The molecule has 0 bridgehead atoms. The fourth-order valence-corrected chi connectivity index (χ4v) is 6.88. The molecule has 2 aromatic carbocycles. The van der Waals surface area contributed by atoms with Gasteiger partial charge in [-0.2, -0.15) is 18.9 Å². The van der Waals surface area contributed by atoms with Crippen LogP contribution in [0.2, 0.25) is 5.02 Å². The zero-order valence-corrected chi connectivity index (χ0v) is 33.9. The minimum Gasteiger partial charge on any atom is -0.408 e. The molecule has 1 amide bonds. The molecule has 0 aliphatic heterocycles. The van der Waals surface area contributed by atoms with Gasteiger partial charge in [-0.1, -0.05) is 24.6 Å². The molecular formula is C37H37ClF6IN9O3. The second kappa shape index (κ2) is 16.6. The second-order valence-electron chi connectivity index (χ2n) is 13.9. The van der Waals surface area contributed by atoms with Crippen molar-refractivity contribution in [3.05, 3.63) is 84.8 Å². The number of nitrogens with one attached hydrogen (secondary N) is 2. The van der Waals surface area contributed by atoms with Gasteiger partial charge in [-0.05, 0) is 86.0 Å². The Morgan fingerprint density at radius 3 is 2.46 bits per heavy atom. The summed E-state index contributed by atoms with van der Waals surface area (Å²) < 4.78 is 93.6. The monoisotopic (exact) mass is 931 g/mol. The maximum atomic E-state index is 15.2. The standard InChI is InChI=1S/C37H37ClF6IN9O3/c1-15-8-22(28(46)32(41)42)31(37(15,43)44)49-14-26(55)51-25(11-17-9-18(39)12-19(40)10-17)29-21(13-24(45)16(2)50-29)20-6-7-23(38)27-30(20)54(5)53-33(27)52-35(48)57-34(47)36(3,4)56/h6-7,9-10,12-13,15,25,32,47,56H,8,11,14,46H2,1-5H3,(H,51,55)(H2,48,52,53)/t15-,25+/m1/s1. The molecule has 12 nitrogen and oxygen atoms in total. The smallest absolute Gasteiger partial charge is 0.295 e. The van der Waals surface area contributed by atoms with Crippen LogP contribution in [0.15, 0.2) is 57.7 Å². The Balaban J connectivity index is 1.65. The number of aromatic nitrogens is 3. The Hall–Kier alpha value is -4.76. The molecule has 0 spiro atoms. The maximum Gasteiger partial charge on any atom is 0.295 e. The van der Waals surface area contributed by atoms with Crippen LogP contribution >= 0.6 is 34.2 Å². The lowest BCUT2D eigenvalue weighted by Gasteiger charge is -2.23. The van der Waals surface area contributed by atoms with E-state index < -0.39 is 89.3 Å². The van der Waals surface area contributed by atoms with E-state index in [2.05, 4.69) is 43.0 Å². The number of nitrogens with zero attached hydrogens (tertiary/aromatic N) is 5. The van der Waals surface area contributed by atoms with Crippen LogP contribution in [0.5, 0.6) is 0 Å². The van der Waals surface area contributed by atoms with Crippen LogP contribution in [0.25, 0.3) is 22.0 Å². The highest BCUT2D eigenvalue weighted by Gasteiger charge is 2.51. The number of carbonyl (C=O) groups excluding carboxylic acids is 1. The molecule has 1 fully saturated rings. The van der Waals surface area contributed by atoms with E-state index >= 15 is 8.78 Å². The van der Waals surface area contributed by atoms with Crippen molar-refractivity contribution >= 4 is 74.5 Å². The minimum absolute atomic E-state index is 0.0187. The van der Waals surface area contributed by atoms with Gasteiger partial charge in [0.25, 0.3) is 18.4 Å². The Kier molecular flexibility index (Phi) is 12.6. The number of benzene rings is 2. The number of hydrogen-bond acceptors (Lipinski definition) is 9. The van der Waals surface area contributed by atoms with Gasteiger partial charge in [-0.3, -0.25) is 24.9 Å². The predicted octanol–water partition coefficient (Wildman–Crippen LogP) is 7.18. The number of amidine groups is 1. The largest absolute Gasteiger partial charge is 0.408 e. The fraction of sp³-hybridized carbons (Fsp3) is 0.351. The Bertz CT molecular complexity index is 2340. The van der Waals surface area contributed by atoms with Crippen molar-refractivity contribution < 1.29 is 41.0 Å². The van der Waals surface area contributed by atoms with Gasteiger partial charge >= 0.3 is 0 Å². The molecule has 1 aliphatic carbocycles. The molecule has 1 aliphatic rings. The summed E-state index contributed by atoms with van der Waals surface area (Å²) in [5, 5.41) is 25.6. The van der Waals surface area contributed by atoms with Gasteiger partial charge in [0.15, 0.2) is 5.82 Å². The van der Waals surface area contributed by atoms with Crippen molar-refractivity contribution in [1.29, 1.82) is 5.41 Å².